The Hall–Kier alpha value is -3.05. The first kappa shape index (κ1) is 19.3. The van der Waals surface area contributed by atoms with Gasteiger partial charge in [-0.2, -0.15) is 8.42 Å². The van der Waals surface area contributed by atoms with Crippen LogP contribution in [0.15, 0.2) is 45.7 Å². The third-order valence-electron chi connectivity index (χ3n) is 4.25. The highest BCUT2D eigenvalue weighted by Crippen LogP contribution is 2.37. The Morgan fingerprint density at radius 2 is 1.86 bits per heavy atom. The van der Waals surface area contributed by atoms with E-state index in [1.54, 1.807) is 12.1 Å². The molecule has 0 spiro atoms. The molecule has 1 aliphatic rings. The lowest BCUT2D eigenvalue weighted by molar-refractivity contribution is -0.141. The Balaban J connectivity index is 1.88. The fraction of sp³-hybridized carbons (Fsp3) is 0.222. The van der Waals surface area contributed by atoms with Crippen molar-refractivity contribution < 1.29 is 32.2 Å². The summed E-state index contributed by atoms with van der Waals surface area (Å²) in [5.41, 5.74) is 0.591. The van der Waals surface area contributed by atoms with Gasteiger partial charge in [-0.05, 0) is 24.3 Å². The monoisotopic (exact) mass is 436 g/mol. The van der Waals surface area contributed by atoms with Crippen molar-refractivity contribution in [1.82, 2.24) is 4.57 Å². The first-order chi connectivity index (χ1) is 13.9. The van der Waals surface area contributed by atoms with Crippen molar-refractivity contribution in [3.05, 3.63) is 41.2 Å². The number of carbonyl (C=O) groups excluding carboxylic acids is 1. The summed E-state index contributed by atoms with van der Waals surface area (Å²) in [6, 6.07) is 9.31. The molecule has 152 valence electrons. The standard InChI is InChI=1S/C18H16N2O7S2/c1-24-11-3-5-12(6-4-11)29(22,23)19-18-20(9-17(21)25-2)13-7-14-15(27-10-26-14)8-16(13)28-18/h3-8H,9-10H2,1-2H3. The molecule has 9 nitrogen and oxygen atoms in total. The van der Waals surface area contributed by atoms with Crippen molar-refractivity contribution in [1.29, 1.82) is 0 Å². The molecule has 0 saturated carbocycles. The van der Waals surface area contributed by atoms with Gasteiger partial charge >= 0.3 is 5.97 Å². The molecular weight excluding hydrogens is 420 g/mol. The SMILES string of the molecule is COC(=O)Cn1c(=NS(=O)(=O)c2ccc(OC)cc2)sc2cc3c(cc21)OCO3. The summed E-state index contributed by atoms with van der Waals surface area (Å²) in [5, 5.41) is 0. The molecule has 0 amide bonds. The zero-order chi connectivity index (χ0) is 20.6. The smallest absolute Gasteiger partial charge is 0.325 e. The molecule has 1 aromatic heterocycles. The van der Waals surface area contributed by atoms with E-state index in [4.69, 9.17) is 18.9 Å². The Morgan fingerprint density at radius 3 is 2.52 bits per heavy atom. The fourth-order valence-corrected chi connectivity index (χ4v) is 5.02. The van der Waals surface area contributed by atoms with Gasteiger partial charge in [-0.25, -0.2) is 0 Å². The average molecular weight is 436 g/mol. The Morgan fingerprint density at radius 1 is 1.17 bits per heavy atom. The molecule has 2 heterocycles. The Labute approximate surface area is 169 Å². The summed E-state index contributed by atoms with van der Waals surface area (Å²) >= 11 is 1.12. The minimum atomic E-state index is -4.02. The van der Waals surface area contributed by atoms with Crippen LogP contribution in [-0.2, 0) is 26.1 Å². The van der Waals surface area contributed by atoms with Crippen molar-refractivity contribution in [2.75, 3.05) is 21.0 Å². The lowest BCUT2D eigenvalue weighted by Gasteiger charge is -2.05. The van der Waals surface area contributed by atoms with Crippen LogP contribution >= 0.6 is 11.3 Å². The normalized spacial score (nSPS) is 13.7. The molecule has 3 aromatic rings. The first-order valence-corrected chi connectivity index (χ1v) is 10.6. The average Bonchev–Trinajstić information content (AvgIpc) is 3.30. The highest BCUT2D eigenvalue weighted by Gasteiger charge is 2.20. The maximum absolute atomic E-state index is 12.8. The Kier molecular flexibility index (Phi) is 4.92. The Bertz CT molecular complexity index is 1260. The van der Waals surface area contributed by atoms with E-state index in [9.17, 15) is 13.2 Å². The second kappa shape index (κ2) is 7.41. The summed E-state index contributed by atoms with van der Waals surface area (Å²) in [4.78, 5) is 12.1. The number of fused-ring (bicyclic) bond motifs is 2. The number of aromatic nitrogens is 1. The lowest BCUT2D eigenvalue weighted by Crippen LogP contribution is -2.22. The molecule has 0 aliphatic carbocycles. The molecule has 11 heteroatoms. The lowest BCUT2D eigenvalue weighted by atomic mass is 10.3. The molecule has 0 unspecified atom stereocenters. The van der Waals surface area contributed by atoms with Crippen molar-refractivity contribution in [2.24, 2.45) is 4.40 Å². The molecule has 0 bridgehead atoms. The van der Waals surface area contributed by atoms with Gasteiger partial charge in [0.25, 0.3) is 10.0 Å². The number of nitrogens with zero attached hydrogens (tertiary/aromatic N) is 2. The van der Waals surface area contributed by atoms with E-state index in [0.717, 1.165) is 11.3 Å². The zero-order valence-corrected chi connectivity index (χ0v) is 17.1. The van der Waals surface area contributed by atoms with Crippen molar-refractivity contribution in [3.8, 4) is 17.2 Å². The molecule has 0 N–H and O–H groups in total. The molecule has 0 fully saturated rings. The van der Waals surface area contributed by atoms with Crippen LogP contribution in [0.4, 0.5) is 0 Å². The van der Waals surface area contributed by atoms with E-state index in [1.807, 2.05) is 0 Å². The van der Waals surface area contributed by atoms with Gasteiger partial charge in [0.15, 0.2) is 11.5 Å². The van der Waals surface area contributed by atoms with E-state index in [2.05, 4.69) is 4.40 Å². The minimum absolute atomic E-state index is 0.00883. The van der Waals surface area contributed by atoms with Crippen LogP contribution in [0, 0.1) is 0 Å². The fourth-order valence-electron chi connectivity index (χ4n) is 2.78. The second-order valence-corrected chi connectivity index (χ2v) is 8.58. The third-order valence-corrected chi connectivity index (χ3v) is 6.69. The number of hydrogen-bond donors (Lipinski definition) is 0. The van der Waals surface area contributed by atoms with E-state index in [1.165, 1.54) is 43.1 Å². The van der Waals surface area contributed by atoms with Crippen molar-refractivity contribution in [3.63, 3.8) is 0 Å². The summed E-state index contributed by atoms with van der Waals surface area (Å²) in [6.45, 7) is -0.0974. The second-order valence-electron chi connectivity index (χ2n) is 5.96. The molecule has 29 heavy (non-hydrogen) atoms. The van der Waals surface area contributed by atoms with E-state index in [-0.39, 0.29) is 23.0 Å². The van der Waals surface area contributed by atoms with Crippen LogP contribution in [0.2, 0.25) is 0 Å². The number of hydrogen-bond acceptors (Lipinski definition) is 8. The molecule has 2 aromatic carbocycles. The quantitative estimate of drug-likeness (QED) is 0.563. The van der Waals surface area contributed by atoms with Crippen molar-refractivity contribution >= 4 is 37.5 Å². The van der Waals surface area contributed by atoms with Crippen LogP contribution in [0.1, 0.15) is 0 Å². The number of ether oxygens (including phenoxy) is 4. The predicted molar refractivity (Wildman–Crippen MR) is 104 cm³/mol. The minimum Gasteiger partial charge on any atom is -0.497 e. The molecule has 1 aliphatic heterocycles. The maximum atomic E-state index is 12.8. The topological polar surface area (TPSA) is 105 Å². The highest BCUT2D eigenvalue weighted by atomic mass is 32.2. The third kappa shape index (κ3) is 3.66. The number of rotatable bonds is 5. The van der Waals surface area contributed by atoms with Gasteiger partial charge in [0, 0.05) is 12.1 Å². The summed E-state index contributed by atoms with van der Waals surface area (Å²) in [5.74, 6) is 1.05. The molecule has 0 saturated heterocycles. The van der Waals surface area contributed by atoms with Crippen LogP contribution in [0.3, 0.4) is 0 Å². The number of sulfonamides is 1. The van der Waals surface area contributed by atoms with Gasteiger partial charge in [0.1, 0.15) is 12.3 Å². The molecule has 0 radical (unpaired) electrons. The highest BCUT2D eigenvalue weighted by molar-refractivity contribution is 7.90. The van der Waals surface area contributed by atoms with E-state index in [0.29, 0.717) is 27.5 Å². The summed E-state index contributed by atoms with van der Waals surface area (Å²) in [7, 11) is -1.27. The van der Waals surface area contributed by atoms with Gasteiger partial charge in [-0.3, -0.25) is 4.79 Å². The van der Waals surface area contributed by atoms with Crippen LogP contribution in [-0.4, -0.2) is 40.0 Å². The summed E-state index contributed by atoms with van der Waals surface area (Å²) in [6.07, 6.45) is 0. The molecule has 4 rings (SSSR count). The number of benzene rings is 2. The zero-order valence-electron chi connectivity index (χ0n) is 15.4. The van der Waals surface area contributed by atoms with E-state index >= 15 is 0 Å². The van der Waals surface area contributed by atoms with Crippen LogP contribution in [0.25, 0.3) is 10.2 Å². The number of thiazole rings is 1. The van der Waals surface area contributed by atoms with Gasteiger partial charge < -0.3 is 23.5 Å². The number of carbonyl (C=O) groups is 1. The predicted octanol–water partition coefficient (Wildman–Crippen LogP) is 1.90. The molecular formula is C18H16N2O7S2. The van der Waals surface area contributed by atoms with Gasteiger partial charge in [0.2, 0.25) is 11.6 Å². The van der Waals surface area contributed by atoms with Gasteiger partial charge in [-0.15, -0.1) is 4.40 Å². The van der Waals surface area contributed by atoms with Gasteiger partial charge in [-0.1, -0.05) is 11.3 Å². The largest absolute Gasteiger partial charge is 0.497 e. The summed E-state index contributed by atoms with van der Waals surface area (Å²) < 4.78 is 52.3. The van der Waals surface area contributed by atoms with Crippen LogP contribution < -0.4 is 19.0 Å². The first-order valence-electron chi connectivity index (χ1n) is 8.36. The number of esters is 1. The van der Waals surface area contributed by atoms with Crippen molar-refractivity contribution in [2.45, 2.75) is 11.4 Å². The van der Waals surface area contributed by atoms with Gasteiger partial charge in [0.05, 0.1) is 29.3 Å². The maximum Gasteiger partial charge on any atom is 0.325 e. The number of methoxy groups -OCH3 is 2. The van der Waals surface area contributed by atoms with Crippen LogP contribution in [0.5, 0.6) is 17.2 Å². The molecule has 0 atom stereocenters. The van der Waals surface area contributed by atoms with E-state index < -0.39 is 16.0 Å².